The van der Waals surface area contributed by atoms with Crippen LogP contribution in [0.2, 0.25) is 0 Å². The number of anilines is 2. The molecule has 2 rings (SSSR count). The van der Waals surface area contributed by atoms with Crippen molar-refractivity contribution in [2.45, 2.75) is 25.3 Å². The molecule has 1 aliphatic heterocycles. The fraction of sp³-hybridized carbons (Fsp3) is 0.533. The number of likely N-dealkylation sites (tertiary alicyclic amines) is 1. The highest BCUT2D eigenvalue weighted by atomic mass is 16.5. The Balaban J connectivity index is 2.04. The Kier molecular flexibility index (Phi) is 4.84. The summed E-state index contributed by atoms with van der Waals surface area (Å²) in [7, 11) is 3.51. The summed E-state index contributed by atoms with van der Waals surface area (Å²) in [6.07, 6.45) is 3.74. The Bertz CT molecular complexity index is 476. The summed E-state index contributed by atoms with van der Waals surface area (Å²) in [5.74, 6) is -0.402. The third-order valence-corrected chi connectivity index (χ3v) is 3.96. The summed E-state index contributed by atoms with van der Waals surface area (Å²) in [5, 5.41) is 3.36. The van der Waals surface area contributed by atoms with Gasteiger partial charge in [-0.25, -0.2) is 4.79 Å². The number of esters is 1. The lowest BCUT2D eigenvalue weighted by atomic mass is 10.0. The number of para-hydroxylation sites is 1. The molecule has 1 aromatic rings. The van der Waals surface area contributed by atoms with Crippen LogP contribution in [0.4, 0.5) is 11.4 Å². The van der Waals surface area contributed by atoms with Gasteiger partial charge in [0.15, 0.2) is 0 Å². The van der Waals surface area contributed by atoms with E-state index < -0.39 is 5.97 Å². The van der Waals surface area contributed by atoms with Gasteiger partial charge < -0.3 is 20.7 Å². The summed E-state index contributed by atoms with van der Waals surface area (Å²) in [4.78, 5) is 14.0. The lowest BCUT2D eigenvalue weighted by Gasteiger charge is -2.32. The zero-order valence-corrected chi connectivity index (χ0v) is 12.2. The average Bonchev–Trinajstić information content (AvgIpc) is 2.47. The first kappa shape index (κ1) is 14.7. The van der Waals surface area contributed by atoms with Crippen LogP contribution in [-0.2, 0) is 4.74 Å². The Labute approximate surface area is 120 Å². The number of benzene rings is 1. The monoisotopic (exact) mass is 277 g/mol. The lowest BCUT2D eigenvalue weighted by molar-refractivity contribution is 0.0602. The Morgan fingerprint density at radius 1 is 1.50 bits per heavy atom. The molecule has 0 radical (unpaired) electrons. The van der Waals surface area contributed by atoms with Crippen molar-refractivity contribution >= 4 is 17.3 Å². The molecule has 0 amide bonds. The van der Waals surface area contributed by atoms with Gasteiger partial charge in [-0.05, 0) is 38.6 Å². The molecule has 0 aromatic heterocycles. The predicted molar refractivity (Wildman–Crippen MR) is 81.0 cm³/mol. The molecule has 1 aromatic carbocycles. The van der Waals surface area contributed by atoms with Crippen molar-refractivity contribution in [3.63, 3.8) is 0 Å². The zero-order valence-electron chi connectivity index (χ0n) is 12.2. The van der Waals surface area contributed by atoms with Gasteiger partial charge in [-0.1, -0.05) is 12.5 Å². The van der Waals surface area contributed by atoms with Crippen LogP contribution < -0.4 is 11.1 Å². The smallest absolute Gasteiger partial charge is 0.340 e. The summed E-state index contributed by atoms with van der Waals surface area (Å²) in [6.45, 7) is 1.98. The number of ether oxygens (including phenoxy) is 1. The molecule has 0 saturated carbocycles. The number of piperidine rings is 1. The van der Waals surface area contributed by atoms with Crippen LogP contribution in [0.15, 0.2) is 18.2 Å². The minimum atomic E-state index is -0.402. The van der Waals surface area contributed by atoms with Crippen molar-refractivity contribution in [1.29, 1.82) is 0 Å². The SMILES string of the molecule is COC(=O)c1cccc(NCC2CCCCN2C)c1N. The van der Waals surface area contributed by atoms with Crippen LogP contribution in [0.1, 0.15) is 29.6 Å². The van der Waals surface area contributed by atoms with Crippen LogP contribution in [0.3, 0.4) is 0 Å². The highest BCUT2D eigenvalue weighted by molar-refractivity contribution is 5.98. The normalized spacial score (nSPS) is 19.6. The number of hydrogen-bond acceptors (Lipinski definition) is 5. The number of hydrogen-bond donors (Lipinski definition) is 2. The van der Waals surface area contributed by atoms with Gasteiger partial charge in [0, 0.05) is 12.6 Å². The van der Waals surface area contributed by atoms with Gasteiger partial charge in [0.1, 0.15) is 0 Å². The van der Waals surface area contributed by atoms with Gasteiger partial charge >= 0.3 is 5.97 Å². The number of likely N-dealkylation sites (N-methyl/N-ethyl adjacent to an activating group) is 1. The van der Waals surface area contributed by atoms with Gasteiger partial charge in [-0.3, -0.25) is 0 Å². The first-order chi connectivity index (χ1) is 9.63. The second kappa shape index (κ2) is 6.61. The van der Waals surface area contributed by atoms with Gasteiger partial charge in [0.2, 0.25) is 0 Å². The van der Waals surface area contributed by atoms with Crippen LogP contribution in [0.25, 0.3) is 0 Å². The third-order valence-electron chi connectivity index (χ3n) is 3.96. The molecular weight excluding hydrogens is 254 g/mol. The van der Waals surface area contributed by atoms with E-state index in [1.54, 1.807) is 6.07 Å². The maximum absolute atomic E-state index is 11.6. The second-order valence-corrected chi connectivity index (χ2v) is 5.27. The van der Waals surface area contributed by atoms with E-state index in [9.17, 15) is 4.79 Å². The first-order valence-electron chi connectivity index (χ1n) is 7.04. The molecule has 110 valence electrons. The maximum atomic E-state index is 11.6. The number of nitrogens with one attached hydrogen (secondary N) is 1. The van der Waals surface area contributed by atoms with Gasteiger partial charge in [0.25, 0.3) is 0 Å². The van der Waals surface area contributed by atoms with Crippen molar-refractivity contribution in [3.05, 3.63) is 23.8 Å². The summed E-state index contributed by atoms with van der Waals surface area (Å²) < 4.78 is 4.73. The van der Waals surface area contributed by atoms with E-state index in [-0.39, 0.29) is 0 Å². The standard InChI is InChI=1S/C15H23N3O2/c1-18-9-4-3-6-11(18)10-17-13-8-5-7-12(14(13)16)15(19)20-2/h5,7-8,11,17H,3-4,6,9-10,16H2,1-2H3. The number of methoxy groups -OCH3 is 1. The first-order valence-corrected chi connectivity index (χ1v) is 7.04. The largest absolute Gasteiger partial charge is 0.465 e. The lowest BCUT2D eigenvalue weighted by Crippen LogP contribution is -2.40. The number of nitrogen functional groups attached to an aromatic ring is 1. The fourth-order valence-corrected chi connectivity index (χ4v) is 2.64. The van der Waals surface area contributed by atoms with E-state index in [2.05, 4.69) is 17.3 Å². The second-order valence-electron chi connectivity index (χ2n) is 5.27. The van der Waals surface area contributed by atoms with Crippen LogP contribution in [0, 0.1) is 0 Å². The quantitative estimate of drug-likeness (QED) is 0.650. The Hall–Kier alpha value is -1.75. The van der Waals surface area contributed by atoms with Crippen molar-refractivity contribution in [2.24, 2.45) is 0 Å². The van der Waals surface area contributed by atoms with Crippen molar-refractivity contribution < 1.29 is 9.53 Å². The molecule has 0 aliphatic carbocycles. The van der Waals surface area contributed by atoms with Crippen molar-refractivity contribution in [3.8, 4) is 0 Å². The van der Waals surface area contributed by atoms with Crippen molar-refractivity contribution in [2.75, 3.05) is 38.3 Å². The maximum Gasteiger partial charge on any atom is 0.340 e. The summed E-state index contributed by atoms with van der Waals surface area (Å²) in [5.41, 5.74) is 7.70. The molecule has 1 aliphatic rings. The zero-order chi connectivity index (χ0) is 14.5. The summed E-state index contributed by atoms with van der Waals surface area (Å²) >= 11 is 0. The fourth-order valence-electron chi connectivity index (χ4n) is 2.64. The van der Waals surface area contributed by atoms with Gasteiger partial charge in [-0.2, -0.15) is 0 Å². The van der Waals surface area contributed by atoms with Gasteiger partial charge in [0.05, 0.1) is 24.0 Å². The van der Waals surface area contributed by atoms with E-state index in [4.69, 9.17) is 10.5 Å². The van der Waals surface area contributed by atoms with Gasteiger partial charge in [-0.15, -0.1) is 0 Å². The highest BCUT2D eigenvalue weighted by Crippen LogP contribution is 2.24. The molecule has 1 heterocycles. The van der Waals surface area contributed by atoms with E-state index in [0.717, 1.165) is 18.8 Å². The molecule has 1 unspecified atom stereocenters. The average molecular weight is 277 g/mol. The van der Waals surface area contributed by atoms with E-state index in [0.29, 0.717) is 17.3 Å². The van der Waals surface area contributed by atoms with Crippen LogP contribution >= 0.6 is 0 Å². The third kappa shape index (κ3) is 3.22. The minimum absolute atomic E-state index is 0.402. The number of rotatable bonds is 4. The van der Waals surface area contributed by atoms with E-state index in [1.807, 2.05) is 12.1 Å². The number of carbonyl (C=O) groups excluding carboxylic acids is 1. The molecule has 1 fully saturated rings. The molecule has 3 N–H and O–H groups in total. The topological polar surface area (TPSA) is 67.6 Å². The Morgan fingerprint density at radius 2 is 2.30 bits per heavy atom. The highest BCUT2D eigenvalue weighted by Gasteiger charge is 2.19. The molecule has 5 nitrogen and oxygen atoms in total. The predicted octanol–water partition coefficient (Wildman–Crippen LogP) is 1.95. The molecule has 1 saturated heterocycles. The van der Waals surface area contributed by atoms with E-state index in [1.165, 1.54) is 26.4 Å². The molecule has 0 spiro atoms. The molecule has 5 heteroatoms. The number of nitrogens with zero attached hydrogens (tertiary/aromatic N) is 1. The number of nitrogens with two attached hydrogens (primary N) is 1. The van der Waals surface area contributed by atoms with E-state index >= 15 is 0 Å². The van der Waals surface area contributed by atoms with Crippen LogP contribution in [0.5, 0.6) is 0 Å². The molecule has 0 bridgehead atoms. The van der Waals surface area contributed by atoms with Crippen LogP contribution in [-0.4, -0.2) is 44.2 Å². The molecule has 1 atom stereocenters. The minimum Gasteiger partial charge on any atom is -0.465 e. The number of carbonyl (C=O) groups is 1. The molecular formula is C15H23N3O2. The summed E-state index contributed by atoms with van der Waals surface area (Å²) in [6, 6.07) is 5.91. The molecule has 20 heavy (non-hydrogen) atoms. The Morgan fingerprint density at radius 3 is 3.00 bits per heavy atom. The van der Waals surface area contributed by atoms with Crippen molar-refractivity contribution in [1.82, 2.24) is 4.90 Å².